The fourth-order valence-electron chi connectivity index (χ4n) is 1.38. The van der Waals surface area contributed by atoms with Crippen LogP contribution in [0.5, 0.6) is 5.75 Å². The van der Waals surface area contributed by atoms with E-state index in [9.17, 15) is 0 Å². The van der Waals surface area contributed by atoms with Gasteiger partial charge in [0, 0.05) is 30.7 Å². The van der Waals surface area contributed by atoms with E-state index < -0.39 is 0 Å². The summed E-state index contributed by atoms with van der Waals surface area (Å²) in [6.07, 6.45) is 0. The Balaban J connectivity index is 2.54. The fraction of sp³-hybridized carbons (Fsp3) is 0.500. The summed E-state index contributed by atoms with van der Waals surface area (Å²) in [7, 11) is 3.40. The zero-order chi connectivity index (χ0) is 11.8. The smallest absolute Gasteiger partial charge is 0.123 e. The molecule has 16 heavy (non-hydrogen) atoms. The van der Waals surface area contributed by atoms with E-state index >= 15 is 0 Å². The lowest BCUT2D eigenvalue weighted by atomic mass is 10.1. The van der Waals surface area contributed by atoms with Crippen molar-refractivity contribution in [1.29, 1.82) is 0 Å². The molecule has 0 aliphatic carbocycles. The Kier molecular flexibility index (Phi) is 6.30. The van der Waals surface area contributed by atoms with Gasteiger partial charge in [-0.05, 0) is 11.6 Å². The molecule has 0 aliphatic heterocycles. The number of nitrogens with two attached hydrogens (primary N) is 1. The van der Waals surface area contributed by atoms with E-state index in [0.29, 0.717) is 6.54 Å². The van der Waals surface area contributed by atoms with Crippen molar-refractivity contribution in [3.05, 3.63) is 29.3 Å². The molecule has 0 aromatic heterocycles. The molecule has 0 saturated heterocycles. The first-order chi connectivity index (χ1) is 7.81. The minimum absolute atomic E-state index is 0.514. The average molecular weight is 241 g/mol. The third kappa shape index (κ3) is 4.04. The zero-order valence-electron chi connectivity index (χ0n) is 9.86. The lowest BCUT2D eigenvalue weighted by Crippen LogP contribution is -2.00. The lowest BCUT2D eigenvalue weighted by molar-refractivity contribution is 0.218. The topological polar surface area (TPSA) is 44.5 Å². The van der Waals surface area contributed by atoms with Gasteiger partial charge in [-0.15, -0.1) is 0 Å². The molecule has 0 heterocycles. The zero-order valence-corrected chi connectivity index (χ0v) is 10.7. The maximum absolute atomic E-state index is 5.61. The number of thioether (sulfide) groups is 1. The third-order valence-electron chi connectivity index (χ3n) is 2.27. The van der Waals surface area contributed by atoms with Crippen LogP contribution in [0.1, 0.15) is 11.1 Å². The summed E-state index contributed by atoms with van der Waals surface area (Å²) < 4.78 is 10.3. The van der Waals surface area contributed by atoms with Crippen molar-refractivity contribution in [1.82, 2.24) is 0 Å². The third-order valence-corrected chi connectivity index (χ3v) is 3.26. The molecule has 0 bridgehead atoms. The number of benzene rings is 1. The molecule has 1 aromatic rings. The number of methoxy groups -OCH3 is 2. The predicted molar refractivity (Wildman–Crippen MR) is 68.9 cm³/mol. The first kappa shape index (κ1) is 13.4. The van der Waals surface area contributed by atoms with Gasteiger partial charge in [0.25, 0.3) is 0 Å². The van der Waals surface area contributed by atoms with Crippen LogP contribution in [0.3, 0.4) is 0 Å². The van der Waals surface area contributed by atoms with Crippen molar-refractivity contribution in [3.63, 3.8) is 0 Å². The Hall–Kier alpha value is -0.710. The summed E-state index contributed by atoms with van der Waals surface area (Å²) in [5, 5.41) is 0. The molecule has 0 saturated carbocycles. The first-order valence-corrected chi connectivity index (χ1v) is 6.39. The summed E-state index contributed by atoms with van der Waals surface area (Å²) in [4.78, 5) is 0. The van der Waals surface area contributed by atoms with Gasteiger partial charge < -0.3 is 15.2 Å². The van der Waals surface area contributed by atoms with Crippen LogP contribution in [0.2, 0.25) is 0 Å². The van der Waals surface area contributed by atoms with Crippen LogP contribution in [0.15, 0.2) is 18.2 Å². The van der Waals surface area contributed by atoms with Gasteiger partial charge in [-0.25, -0.2) is 0 Å². The Morgan fingerprint density at radius 3 is 2.75 bits per heavy atom. The Morgan fingerprint density at radius 1 is 1.31 bits per heavy atom. The number of ether oxygens (including phenoxy) is 2. The van der Waals surface area contributed by atoms with Gasteiger partial charge in [0.1, 0.15) is 5.75 Å². The molecule has 0 spiro atoms. The second-order valence-electron chi connectivity index (χ2n) is 3.40. The monoisotopic (exact) mass is 241 g/mol. The second-order valence-corrected chi connectivity index (χ2v) is 4.50. The highest BCUT2D eigenvalue weighted by atomic mass is 32.2. The highest BCUT2D eigenvalue weighted by Gasteiger charge is 2.02. The van der Waals surface area contributed by atoms with E-state index in [0.717, 1.165) is 29.4 Å². The van der Waals surface area contributed by atoms with Gasteiger partial charge in [0.2, 0.25) is 0 Å². The summed E-state index contributed by atoms with van der Waals surface area (Å²) >= 11 is 1.85. The molecule has 0 unspecified atom stereocenters. The van der Waals surface area contributed by atoms with Crippen LogP contribution in [0.25, 0.3) is 0 Å². The molecular weight excluding hydrogens is 222 g/mol. The predicted octanol–water partition coefficient (Wildman–Crippen LogP) is 2.03. The molecule has 0 aliphatic rings. The van der Waals surface area contributed by atoms with E-state index in [2.05, 4.69) is 12.1 Å². The number of hydrogen-bond acceptors (Lipinski definition) is 4. The maximum Gasteiger partial charge on any atom is 0.123 e. The summed E-state index contributed by atoms with van der Waals surface area (Å²) in [6, 6.07) is 6.19. The van der Waals surface area contributed by atoms with Crippen molar-refractivity contribution >= 4 is 11.8 Å². The second kappa shape index (κ2) is 7.54. The molecule has 0 fully saturated rings. The highest BCUT2D eigenvalue weighted by molar-refractivity contribution is 7.98. The van der Waals surface area contributed by atoms with E-state index in [-0.39, 0.29) is 0 Å². The van der Waals surface area contributed by atoms with Gasteiger partial charge in [-0.3, -0.25) is 0 Å². The normalized spacial score (nSPS) is 10.4. The van der Waals surface area contributed by atoms with E-state index in [1.54, 1.807) is 14.2 Å². The molecule has 3 nitrogen and oxygen atoms in total. The SMILES string of the molecule is COCCSCc1ccc(CN)c(OC)c1. The van der Waals surface area contributed by atoms with Crippen LogP contribution < -0.4 is 10.5 Å². The molecule has 90 valence electrons. The van der Waals surface area contributed by atoms with Crippen molar-refractivity contribution < 1.29 is 9.47 Å². The summed E-state index contributed by atoms with van der Waals surface area (Å²) in [5.74, 6) is 2.87. The van der Waals surface area contributed by atoms with Gasteiger partial charge in [-0.2, -0.15) is 11.8 Å². The molecule has 0 atom stereocenters. The van der Waals surface area contributed by atoms with Crippen LogP contribution in [-0.2, 0) is 17.0 Å². The van der Waals surface area contributed by atoms with E-state index in [1.807, 2.05) is 17.8 Å². The largest absolute Gasteiger partial charge is 0.496 e. The van der Waals surface area contributed by atoms with Crippen molar-refractivity contribution in [2.24, 2.45) is 5.73 Å². The van der Waals surface area contributed by atoms with Crippen LogP contribution >= 0.6 is 11.8 Å². The van der Waals surface area contributed by atoms with Gasteiger partial charge in [-0.1, -0.05) is 12.1 Å². The standard InChI is InChI=1S/C12H19NO2S/c1-14-5-6-16-9-10-3-4-11(8-13)12(7-10)15-2/h3-4,7H,5-6,8-9,13H2,1-2H3. The Morgan fingerprint density at radius 2 is 2.12 bits per heavy atom. The lowest BCUT2D eigenvalue weighted by Gasteiger charge is -2.09. The van der Waals surface area contributed by atoms with Crippen LogP contribution in [0.4, 0.5) is 0 Å². The van der Waals surface area contributed by atoms with Crippen molar-refractivity contribution in [2.45, 2.75) is 12.3 Å². The van der Waals surface area contributed by atoms with Crippen LogP contribution in [0, 0.1) is 0 Å². The van der Waals surface area contributed by atoms with Crippen molar-refractivity contribution in [2.75, 3.05) is 26.6 Å². The van der Waals surface area contributed by atoms with E-state index in [4.69, 9.17) is 15.2 Å². The first-order valence-electron chi connectivity index (χ1n) is 5.24. The summed E-state index contributed by atoms with van der Waals surface area (Å²) in [5.41, 5.74) is 7.92. The van der Waals surface area contributed by atoms with Crippen molar-refractivity contribution in [3.8, 4) is 5.75 Å². The van der Waals surface area contributed by atoms with Gasteiger partial charge in [0.15, 0.2) is 0 Å². The van der Waals surface area contributed by atoms with Gasteiger partial charge >= 0.3 is 0 Å². The quantitative estimate of drug-likeness (QED) is 0.742. The Bertz CT molecular complexity index is 318. The maximum atomic E-state index is 5.61. The highest BCUT2D eigenvalue weighted by Crippen LogP contribution is 2.22. The molecule has 1 rings (SSSR count). The minimum atomic E-state index is 0.514. The molecule has 2 N–H and O–H groups in total. The summed E-state index contributed by atoms with van der Waals surface area (Å²) in [6.45, 7) is 1.31. The van der Waals surface area contributed by atoms with Crippen LogP contribution in [-0.4, -0.2) is 26.6 Å². The fourth-order valence-corrected chi connectivity index (χ4v) is 2.22. The van der Waals surface area contributed by atoms with E-state index in [1.165, 1.54) is 5.56 Å². The number of rotatable bonds is 7. The minimum Gasteiger partial charge on any atom is -0.496 e. The molecule has 0 amide bonds. The molecule has 0 radical (unpaired) electrons. The average Bonchev–Trinajstić information content (AvgIpc) is 2.34. The van der Waals surface area contributed by atoms with Gasteiger partial charge in [0.05, 0.1) is 13.7 Å². The molecule has 4 heteroatoms. The Labute approximate surface area is 101 Å². The molecular formula is C12H19NO2S. The molecule has 1 aromatic carbocycles. The number of hydrogen-bond donors (Lipinski definition) is 1.